The van der Waals surface area contributed by atoms with Gasteiger partial charge in [-0.3, -0.25) is 14.4 Å². The van der Waals surface area contributed by atoms with Crippen molar-refractivity contribution in [3.8, 4) is 0 Å². The predicted molar refractivity (Wildman–Crippen MR) is 99.0 cm³/mol. The molecule has 5 heteroatoms. The van der Waals surface area contributed by atoms with Crippen molar-refractivity contribution < 1.29 is 23.9 Å². The van der Waals surface area contributed by atoms with Crippen LogP contribution in [-0.4, -0.2) is 28.9 Å². The molecule has 0 radical (unpaired) electrons. The normalized spacial score (nSPS) is 54.0. The van der Waals surface area contributed by atoms with E-state index in [9.17, 15) is 14.4 Å². The fraction of sp³-hybridized carbons (Fsp3) is 0.783. The van der Waals surface area contributed by atoms with E-state index in [1.807, 2.05) is 6.08 Å². The van der Waals surface area contributed by atoms with E-state index in [1.54, 1.807) is 0 Å². The molecule has 6 rings (SSSR count). The number of carbonyl (C=O) groups is 3. The Bertz CT molecular complexity index is 859. The van der Waals surface area contributed by atoms with Crippen molar-refractivity contribution in [3.63, 3.8) is 0 Å². The van der Waals surface area contributed by atoms with Crippen LogP contribution in [-0.2, 0) is 23.9 Å². The summed E-state index contributed by atoms with van der Waals surface area (Å²) in [7, 11) is 0. The van der Waals surface area contributed by atoms with E-state index in [0.29, 0.717) is 25.2 Å². The maximum absolute atomic E-state index is 13.0. The molecule has 6 aliphatic rings. The van der Waals surface area contributed by atoms with Crippen molar-refractivity contribution in [1.82, 2.24) is 0 Å². The van der Waals surface area contributed by atoms with Gasteiger partial charge in [0.25, 0.3) is 0 Å². The fourth-order valence-corrected chi connectivity index (χ4v) is 8.52. The van der Waals surface area contributed by atoms with E-state index >= 15 is 0 Å². The summed E-state index contributed by atoms with van der Waals surface area (Å²) >= 11 is 0. The number of fused-ring (bicyclic) bond motifs is 3. The summed E-state index contributed by atoms with van der Waals surface area (Å²) in [6, 6.07) is 0. The molecule has 0 aromatic rings. The minimum atomic E-state index is -0.488. The van der Waals surface area contributed by atoms with Gasteiger partial charge in [-0.25, -0.2) is 0 Å². The number of hydrogen-bond acceptors (Lipinski definition) is 5. The third kappa shape index (κ3) is 1.66. The van der Waals surface area contributed by atoms with Gasteiger partial charge in [0, 0.05) is 29.6 Å². The van der Waals surface area contributed by atoms with Crippen LogP contribution in [0.3, 0.4) is 0 Å². The molecule has 2 aliphatic heterocycles. The zero-order chi connectivity index (χ0) is 19.5. The quantitative estimate of drug-likeness (QED) is 0.598. The first-order valence-corrected chi connectivity index (χ1v) is 10.9. The molecule has 4 aliphatic carbocycles. The largest absolute Gasteiger partial charge is 0.458 e. The van der Waals surface area contributed by atoms with E-state index < -0.39 is 5.60 Å². The number of carbonyl (C=O) groups excluding carboxylic acids is 3. The van der Waals surface area contributed by atoms with Crippen LogP contribution in [0.5, 0.6) is 0 Å². The first-order valence-electron chi connectivity index (χ1n) is 10.9. The number of ketones is 1. The monoisotopic (exact) mass is 384 g/mol. The Balaban J connectivity index is 1.48. The van der Waals surface area contributed by atoms with Crippen LogP contribution in [0.4, 0.5) is 0 Å². The van der Waals surface area contributed by atoms with E-state index in [2.05, 4.69) is 13.8 Å². The Morgan fingerprint density at radius 3 is 2.54 bits per heavy atom. The average Bonchev–Trinajstić information content (AvgIpc) is 3.24. The number of rotatable bonds is 0. The lowest BCUT2D eigenvalue weighted by molar-refractivity contribution is -0.200. The van der Waals surface area contributed by atoms with Gasteiger partial charge in [-0.05, 0) is 56.9 Å². The van der Waals surface area contributed by atoms with Crippen molar-refractivity contribution in [3.05, 3.63) is 11.6 Å². The van der Waals surface area contributed by atoms with Crippen LogP contribution in [0.25, 0.3) is 0 Å². The molecule has 5 nitrogen and oxygen atoms in total. The SMILES string of the molecule is C[C@]12CCC(=O)C=C1C[C@H]1C(=O)O[C@@]23CC[C@@]2(C)C(CC[C@@]24CCC(=O)O4)C13. The van der Waals surface area contributed by atoms with Crippen LogP contribution < -0.4 is 0 Å². The van der Waals surface area contributed by atoms with Gasteiger partial charge in [0.05, 0.1) is 5.92 Å². The summed E-state index contributed by atoms with van der Waals surface area (Å²) in [6.45, 7) is 4.54. The van der Waals surface area contributed by atoms with Gasteiger partial charge in [0.1, 0.15) is 11.2 Å². The molecule has 150 valence electrons. The first-order chi connectivity index (χ1) is 13.2. The molecule has 28 heavy (non-hydrogen) atoms. The van der Waals surface area contributed by atoms with Gasteiger partial charge in [-0.15, -0.1) is 0 Å². The lowest BCUT2D eigenvalue weighted by Gasteiger charge is -2.61. The second kappa shape index (κ2) is 4.91. The molecule has 2 heterocycles. The van der Waals surface area contributed by atoms with Gasteiger partial charge >= 0.3 is 11.9 Å². The highest BCUT2D eigenvalue weighted by Gasteiger charge is 2.77. The zero-order valence-corrected chi connectivity index (χ0v) is 16.7. The number of ether oxygens (including phenoxy) is 2. The summed E-state index contributed by atoms with van der Waals surface area (Å²) in [5.41, 5.74) is -0.0188. The molecule has 0 aromatic heterocycles. The van der Waals surface area contributed by atoms with Crippen LogP contribution in [0.2, 0.25) is 0 Å². The fourth-order valence-electron chi connectivity index (χ4n) is 8.52. The van der Waals surface area contributed by atoms with Gasteiger partial charge in [-0.1, -0.05) is 19.4 Å². The van der Waals surface area contributed by atoms with Crippen molar-refractivity contribution in [2.75, 3.05) is 0 Å². The summed E-state index contributed by atoms with van der Waals surface area (Å²) < 4.78 is 12.3. The molecule has 0 N–H and O–H groups in total. The van der Waals surface area contributed by atoms with E-state index in [1.165, 1.54) is 0 Å². The van der Waals surface area contributed by atoms with Gasteiger partial charge < -0.3 is 9.47 Å². The molecule has 3 saturated carbocycles. The minimum absolute atomic E-state index is 0.0657. The highest BCUT2D eigenvalue weighted by atomic mass is 16.6. The molecular formula is C23H28O5. The Morgan fingerprint density at radius 2 is 1.79 bits per heavy atom. The minimum Gasteiger partial charge on any atom is -0.458 e. The lowest BCUT2D eigenvalue weighted by Crippen LogP contribution is -2.64. The van der Waals surface area contributed by atoms with Crippen LogP contribution in [0, 0.1) is 28.6 Å². The summed E-state index contributed by atoms with van der Waals surface area (Å²) in [4.78, 5) is 37.2. The molecule has 5 fully saturated rings. The lowest BCUT2D eigenvalue weighted by atomic mass is 9.43. The average molecular weight is 384 g/mol. The predicted octanol–water partition coefficient (Wildman–Crippen LogP) is 3.50. The second-order valence-corrected chi connectivity index (χ2v) is 10.6. The molecule has 7 atom stereocenters. The summed E-state index contributed by atoms with van der Waals surface area (Å²) in [5, 5.41) is 0. The number of esters is 2. The highest BCUT2D eigenvalue weighted by molar-refractivity contribution is 5.92. The Labute approximate surface area is 165 Å². The Hall–Kier alpha value is -1.65. The highest BCUT2D eigenvalue weighted by Crippen LogP contribution is 2.74. The summed E-state index contributed by atoms with van der Waals surface area (Å²) in [5.74, 6) is 0.411. The van der Waals surface area contributed by atoms with E-state index in [-0.39, 0.29) is 46.0 Å². The molecule has 2 saturated heterocycles. The third-order valence-corrected chi connectivity index (χ3v) is 10.1. The van der Waals surface area contributed by atoms with Crippen LogP contribution in [0.15, 0.2) is 11.6 Å². The van der Waals surface area contributed by atoms with E-state index in [0.717, 1.165) is 44.1 Å². The standard InChI is InChI=1S/C23H28O5/c1-20-6-3-14(24)11-13(20)12-15-18-16-4-7-22(8-5-17(25)27-22)21(16,2)9-10-23(18,20)28-19(15)26/h11,15-16,18H,3-10,12H2,1-2H3/t15-,16?,18?,20+,21+,22-,23-/m1/s1. The molecule has 2 bridgehead atoms. The molecular weight excluding hydrogens is 356 g/mol. The maximum atomic E-state index is 13.0. The molecule has 0 aromatic carbocycles. The van der Waals surface area contributed by atoms with Crippen molar-refractivity contribution >= 4 is 17.7 Å². The Morgan fingerprint density at radius 1 is 0.964 bits per heavy atom. The first kappa shape index (κ1) is 17.2. The topological polar surface area (TPSA) is 69.7 Å². The maximum Gasteiger partial charge on any atom is 0.310 e. The van der Waals surface area contributed by atoms with Crippen LogP contribution in [0.1, 0.15) is 71.6 Å². The summed E-state index contributed by atoms with van der Waals surface area (Å²) in [6.07, 6.45) is 8.76. The second-order valence-electron chi connectivity index (χ2n) is 10.6. The van der Waals surface area contributed by atoms with Gasteiger partial charge in [0.15, 0.2) is 5.78 Å². The van der Waals surface area contributed by atoms with Gasteiger partial charge in [0.2, 0.25) is 0 Å². The van der Waals surface area contributed by atoms with Gasteiger partial charge in [-0.2, -0.15) is 0 Å². The van der Waals surface area contributed by atoms with Crippen molar-refractivity contribution in [2.45, 2.75) is 82.8 Å². The van der Waals surface area contributed by atoms with Crippen LogP contribution >= 0.6 is 0 Å². The molecule has 1 spiro atoms. The number of hydrogen-bond donors (Lipinski definition) is 0. The molecule has 0 amide bonds. The third-order valence-electron chi connectivity index (χ3n) is 10.1. The zero-order valence-electron chi connectivity index (χ0n) is 16.7. The smallest absolute Gasteiger partial charge is 0.310 e. The Kier molecular flexibility index (Phi) is 3.02. The van der Waals surface area contributed by atoms with Crippen molar-refractivity contribution in [2.24, 2.45) is 28.6 Å². The molecule has 2 unspecified atom stereocenters. The van der Waals surface area contributed by atoms with E-state index in [4.69, 9.17) is 9.47 Å². The van der Waals surface area contributed by atoms with Crippen molar-refractivity contribution in [1.29, 1.82) is 0 Å².